The van der Waals surface area contributed by atoms with Crippen molar-refractivity contribution in [3.63, 3.8) is 0 Å². The van der Waals surface area contributed by atoms with Crippen LogP contribution in [0.15, 0.2) is 209 Å². The molecular weight excluding hydrogens is 731 g/mol. The molecule has 0 amide bonds. The fraction of sp³-hybridized carbons (Fsp3) is 0.0714. The number of hydrogen-bond donors (Lipinski definition) is 0. The van der Waals surface area contributed by atoms with Gasteiger partial charge in [0, 0.05) is 27.6 Å². The van der Waals surface area contributed by atoms with Gasteiger partial charge < -0.3 is 8.98 Å². The van der Waals surface area contributed by atoms with Gasteiger partial charge in [-0.1, -0.05) is 159 Å². The Labute approximate surface area is 347 Å². The van der Waals surface area contributed by atoms with E-state index >= 15 is 0 Å². The number of benzene rings is 9. The van der Waals surface area contributed by atoms with Gasteiger partial charge in [-0.2, -0.15) is 0 Å². The largest absolute Gasteiger partial charge is 0.456 e. The lowest BCUT2D eigenvalue weighted by Gasteiger charge is -2.30. The molecule has 0 radical (unpaired) electrons. The molecular formula is C56H39N3O. The Morgan fingerprint density at radius 1 is 0.483 bits per heavy atom. The van der Waals surface area contributed by atoms with Crippen LogP contribution in [0.1, 0.15) is 36.1 Å². The van der Waals surface area contributed by atoms with Crippen molar-refractivity contribution >= 4 is 76.8 Å². The van der Waals surface area contributed by atoms with Crippen LogP contribution in [0.2, 0.25) is 0 Å². The van der Waals surface area contributed by atoms with E-state index in [4.69, 9.17) is 14.4 Å². The zero-order valence-corrected chi connectivity index (χ0v) is 33.1. The van der Waals surface area contributed by atoms with Crippen LogP contribution >= 0.6 is 0 Å². The number of aromatic nitrogens is 1. The van der Waals surface area contributed by atoms with Crippen LogP contribution in [0.5, 0.6) is 0 Å². The molecule has 11 aromatic rings. The van der Waals surface area contributed by atoms with Gasteiger partial charge >= 0.3 is 0 Å². The van der Waals surface area contributed by atoms with Crippen LogP contribution < -0.4 is 0 Å². The number of nitrogens with zero attached hydrogens (tertiary/aromatic N) is 3. The maximum Gasteiger partial charge on any atom is 0.155 e. The summed E-state index contributed by atoms with van der Waals surface area (Å²) in [5.41, 5.74) is 11.6. The third-order valence-electron chi connectivity index (χ3n) is 12.5. The van der Waals surface area contributed by atoms with Crippen LogP contribution in [0, 0.1) is 5.92 Å². The molecule has 0 saturated carbocycles. The molecule has 284 valence electrons. The lowest BCUT2D eigenvalue weighted by molar-refractivity contribution is 0.532. The van der Waals surface area contributed by atoms with Gasteiger partial charge in [-0.3, -0.25) is 4.99 Å². The quantitative estimate of drug-likeness (QED) is 0.166. The summed E-state index contributed by atoms with van der Waals surface area (Å²) in [6, 6.07) is 69.6. The fourth-order valence-corrected chi connectivity index (χ4v) is 9.64. The van der Waals surface area contributed by atoms with Gasteiger partial charge in [-0.15, -0.1) is 0 Å². The summed E-state index contributed by atoms with van der Waals surface area (Å²) in [7, 11) is 0. The van der Waals surface area contributed by atoms with E-state index in [0.717, 1.165) is 61.9 Å². The Hall–Kier alpha value is -7.56. The zero-order chi connectivity index (χ0) is 39.7. The second-order valence-electron chi connectivity index (χ2n) is 16.0. The monoisotopic (exact) mass is 769 g/mol. The van der Waals surface area contributed by atoms with Crippen LogP contribution in [0.25, 0.3) is 82.1 Å². The summed E-state index contributed by atoms with van der Waals surface area (Å²) in [5, 5.41) is 9.40. The molecule has 60 heavy (non-hydrogen) atoms. The Bertz CT molecular complexity index is 3430. The predicted octanol–water partition coefficient (Wildman–Crippen LogP) is 14.7. The Balaban J connectivity index is 1.14. The van der Waals surface area contributed by atoms with Crippen molar-refractivity contribution in [2.24, 2.45) is 15.9 Å². The second-order valence-corrected chi connectivity index (χ2v) is 16.0. The smallest absolute Gasteiger partial charge is 0.155 e. The summed E-state index contributed by atoms with van der Waals surface area (Å²) < 4.78 is 9.25. The highest BCUT2D eigenvalue weighted by molar-refractivity contribution is 6.21. The van der Waals surface area contributed by atoms with Crippen molar-refractivity contribution in [3.8, 4) is 16.8 Å². The lowest BCUT2D eigenvalue weighted by atomic mass is 9.83. The molecule has 2 unspecified atom stereocenters. The van der Waals surface area contributed by atoms with Crippen molar-refractivity contribution in [1.82, 2.24) is 4.57 Å². The molecule has 0 fully saturated rings. The number of amidine groups is 1. The molecule has 2 atom stereocenters. The van der Waals surface area contributed by atoms with Gasteiger partial charge in [0.05, 0.1) is 33.9 Å². The van der Waals surface area contributed by atoms with E-state index in [9.17, 15) is 0 Å². The van der Waals surface area contributed by atoms with Crippen molar-refractivity contribution in [1.29, 1.82) is 0 Å². The van der Waals surface area contributed by atoms with Gasteiger partial charge in [0.2, 0.25) is 0 Å². The van der Waals surface area contributed by atoms with Gasteiger partial charge in [0.25, 0.3) is 0 Å². The van der Waals surface area contributed by atoms with Gasteiger partial charge in [-0.05, 0) is 92.7 Å². The lowest BCUT2D eigenvalue weighted by Crippen LogP contribution is -2.28. The second kappa shape index (κ2) is 13.8. The van der Waals surface area contributed by atoms with Gasteiger partial charge in [0.15, 0.2) is 5.84 Å². The first-order valence-electron chi connectivity index (χ1n) is 20.9. The van der Waals surface area contributed by atoms with E-state index in [-0.39, 0.29) is 12.0 Å². The highest BCUT2D eigenvalue weighted by atomic mass is 16.3. The van der Waals surface area contributed by atoms with Crippen molar-refractivity contribution in [2.45, 2.75) is 19.4 Å². The molecule has 1 aliphatic heterocycles. The summed E-state index contributed by atoms with van der Waals surface area (Å²) in [4.78, 5) is 11.1. The van der Waals surface area contributed by atoms with Crippen molar-refractivity contribution < 1.29 is 4.42 Å². The molecule has 0 aliphatic carbocycles. The molecule has 3 heterocycles. The van der Waals surface area contributed by atoms with Crippen LogP contribution in [0.3, 0.4) is 0 Å². The summed E-state index contributed by atoms with van der Waals surface area (Å²) >= 11 is 0. The first kappa shape index (κ1) is 34.5. The first-order valence-corrected chi connectivity index (χ1v) is 20.9. The van der Waals surface area contributed by atoms with Gasteiger partial charge in [-0.25, -0.2) is 4.99 Å². The SMILES string of the molecule is CCC1C(c2ccc(-c3ccccc3)cc2)=NC(c2cc(-n3c4cc5ccccc5cc4c4cc5ccccc5cc43)c3c(c2)oc2ccccc23)=NC1c1ccccc1. The standard InChI is InChI=1S/C56H39N3O/c1-2-44-54(37-17-7-4-8-18-37)57-56(58-55(44)38-27-25-36(26-28-38)35-15-5-3-6-16-35)43-33-50(53-45-23-13-14-24-51(45)60-52(53)34-43)59-48-31-41-21-11-9-19-39(41)29-46(48)47-30-40-20-10-12-22-42(40)32-49(47)59/h3-34,44,54H,2H2,1H3. The van der Waals surface area contributed by atoms with E-state index in [1.165, 1.54) is 49.0 Å². The number of hydrogen-bond acceptors (Lipinski definition) is 3. The number of furan rings is 1. The normalized spacial score (nSPS) is 15.7. The molecule has 9 aromatic carbocycles. The summed E-state index contributed by atoms with van der Waals surface area (Å²) in [5.74, 6) is 0.794. The Kier molecular flexibility index (Phi) is 7.92. The average Bonchev–Trinajstić information content (AvgIpc) is 3.84. The summed E-state index contributed by atoms with van der Waals surface area (Å²) in [6.07, 6.45) is 0.896. The minimum absolute atomic E-state index is 0.0898. The molecule has 0 N–H and O–H groups in total. The van der Waals surface area contributed by atoms with Crippen LogP contribution in [-0.2, 0) is 0 Å². The summed E-state index contributed by atoms with van der Waals surface area (Å²) in [6.45, 7) is 2.25. The van der Waals surface area contributed by atoms with E-state index in [1.807, 2.05) is 6.07 Å². The number of aliphatic imine (C=N–C) groups is 2. The minimum Gasteiger partial charge on any atom is -0.456 e. The van der Waals surface area contributed by atoms with Crippen LogP contribution in [-0.4, -0.2) is 16.1 Å². The van der Waals surface area contributed by atoms with Crippen molar-refractivity contribution in [3.05, 3.63) is 211 Å². The third kappa shape index (κ3) is 5.52. The molecule has 4 nitrogen and oxygen atoms in total. The number of fused-ring (bicyclic) bond motifs is 8. The molecule has 4 heteroatoms. The molecule has 12 rings (SSSR count). The van der Waals surface area contributed by atoms with E-state index in [0.29, 0.717) is 5.84 Å². The van der Waals surface area contributed by atoms with Crippen LogP contribution in [0.4, 0.5) is 0 Å². The highest BCUT2D eigenvalue weighted by Crippen LogP contribution is 2.43. The molecule has 0 bridgehead atoms. The number of rotatable bonds is 6. The zero-order valence-electron chi connectivity index (χ0n) is 33.1. The van der Waals surface area contributed by atoms with E-state index in [1.54, 1.807) is 0 Å². The maximum atomic E-state index is 6.79. The van der Waals surface area contributed by atoms with E-state index in [2.05, 4.69) is 200 Å². The first-order chi connectivity index (χ1) is 29.7. The van der Waals surface area contributed by atoms with Crippen molar-refractivity contribution in [2.75, 3.05) is 0 Å². The van der Waals surface area contributed by atoms with Gasteiger partial charge in [0.1, 0.15) is 11.2 Å². The third-order valence-corrected chi connectivity index (χ3v) is 12.5. The Morgan fingerprint density at radius 3 is 1.68 bits per heavy atom. The molecule has 1 aliphatic rings. The molecule has 0 spiro atoms. The highest BCUT2D eigenvalue weighted by Gasteiger charge is 2.32. The maximum absolute atomic E-state index is 6.79. The average molecular weight is 770 g/mol. The minimum atomic E-state index is -0.117. The topological polar surface area (TPSA) is 42.8 Å². The Morgan fingerprint density at radius 2 is 1.03 bits per heavy atom. The predicted molar refractivity (Wildman–Crippen MR) is 251 cm³/mol. The molecule has 2 aromatic heterocycles. The fourth-order valence-electron chi connectivity index (χ4n) is 9.64. The number of para-hydroxylation sites is 1. The van der Waals surface area contributed by atoms with E-state index < -0.39 is 0 Å². The molecule has 0 saturated heterocycles.